The second-order valence-electron chi connectivity index (χ2n) is 4.91. The van der Waals surface area contributed by atoms with Gasteiger partial charge in [-0.1, -0.05) is 31.2 Å². The summed E-state index contributed by atoms with van der Waals surface area (Å²) in [6, 6.07) is 9.97. The van der Waals surface area contributed by atoms with Crippen LogP contribution in [0.3, 0.4) is 0 Å². The minimum atomic E-state index is -0.979. The van der Waals surface area contributed by atoms with Gasteiger partial charge < -0.3 is 5.11 Å². The third kappa shape index (κ3) is 2.63. The van der Waals surface area contributed by atoms with Crippen molar-refractivity contribution in [2.75, 3.05) is 0 Å². The average Bonchev–Trinajstić information content (AvgIpc) is 2.90. The standard InChI is InChI=1S/C16H15N3O2/c1-2-11-3-5-12(6-4-11)10-19-15-13(9-18-19)7-14(8-17-15)16(20)21/h3-9H,2,10H2,1H3,(H,20,21). The second-order valence-corrected chi connectivity index (χ2v) is 4.91. The van der Waals surface area contributed by atoms with Crippen LogP contribution in [0.15, 0.2) is 42.7 Å². The number of fused-ring (bicyclic) bond motifs is 1. The maximum absolute atomic E-state index is 10.9. The summed E-state index contributed by atoms with van der Waals surface area (Å²) in [7, 11) is 0. The van der Waals surface area contributed by atoms with Gasteiger partial charge in [0.2, 0.25) is 0 Å². The highest BCUT2D eigenvalue weighted by Crippen LogP contribution is 2.15. The summed E-state index contributed by atoms with van der Waals surface area (Å²) in [4.78, 5) is 15.1. The lowest BCUT2D eigenvalue weighted by molar-refractivity contribution is 0.0696. The van der Waals surface area contributed by atoms with E-state index >= 15 is 0 Å². The lowest BCUT2D eigenvalue weighted by Gasteiger charge is -2.04. The van der Waals surface area contributed by atoms with Crippen LogP contribution in [-0.2, 0) is 13.0 Å². The molecule has 0 aliphatic rings. The molecule has 3 aromatic rings. The van der Waals surface area contributed by atoms with E-state index in [-0.39, 0.29) is 5.56 Å². The molecule has 0 aliphatic heterocycles. The van der Waals surface area contributed by atoms with Gasteiger partial charge in [0.05, 0.1) is 18.3 Å². The van der Waals surface area contributed by atoms with Gasteiger partial charge in [0, 0.05) is 11.6 Å². The van der Waals surface area contributed by atoms with Gasteiger partial charge in [0.15, 0.2) is 5.65 Å². The smallest absolute Gasteiger partial charge is 0.337 e. The van der Waals surface area contributed by atoms with Crippen LogP contribution in [0.2, 0.25) is 0 Å². The van der Waals surface area contributed by atoms with Gasteiger partial charge in [-0.25, -0.2) is 14.5 Å². The Morgan fingerprint density at radius 2 is 1.90 bits per heavy atom. The molecular formula is C16H15N3O2. The fourth-order valence-corrected chi connectivity index (χ4v) is 2.26. The lowest BCUT2D eigenvalue weighted by Crippen LogP contribution is -2.03. The first kappa shape index (κ1) is 13.3. The SMILES string of the molecule is CCc1ccc(Cn2ncc3cc(C(=O)O)cnc32)cc1. The molecule has 0 saturated carbocycles. The molecule has 0 fully saturated rings. The number of nitrogens with zero attached hydrogens (tertiary/aromatic N) is 3. The predicted octanol–water partition coefficient (Wildman–Crippen LogP) is 2.74. The number of aromatic carboxylic acids is 1. The molecule has 0 unspecified atom stereocenters. The number of carbonyl (C=O) groups is 1. The molecule has 5 heteroatoms. The molecule has 1 N–H and O–H groups in total. The largest absolute Gasteiger partial charge is 0.478 e. The molecule has 5 nitrogen and oxygen atoms in total. The number of hydrogen-bond acceptors (Lipinski definition) is 3. The number of aryl methyl sites for hydroxylation is 1. The molecule has 106 valence electrons. The van der Waals surface area contributed by atoms with E-state index in [1.54, 1.807) is 16.9 Å². The third-order valence-electron chi connectivity index (χ3n) is 3.49. The minimum Gasteiger partial charge on any atom is -0.478 e. The van der Waals surface area contributed by atoms with Crippen LogP contribution in [0, 0.1) is 0 Å². The quantitative estimate of drug-likeness (QED) is 0.798. The maximum Gasteiger partial charge on any atom is 0.337 e. The zero-order valence-electron chi connectivity index (χ0n) is 11.7. The molecule has 3 rings (SSSR count). The van der Waals surface area contributed by atoms with Gasteiger partial charge in [0.1, 0.15) is 0 Å². The number of benzene rings is 1. The Kier molecular flexibility index (Phi) is 3.39. The van der Waals surface area contributed by atoms with Gasteiger partial charge in [-0.05, 0) is 23.6 Å². The minimum absolute atomic E-state index is 0.175. The van der Waals surface area contributed by atoms with Crippen LogP contribution in [0.25, 0.3) is 11.0 Å². The number of hydrogen-bond donors (Lipinski definition) is 1. The van der Waals surface area contributed by atoms with Gasteiger partial charge in [0.25, 0.3) is 0 Å². The van der Waals surface area contributed by atoms with Crippen molar-refractivity contribution in [2.45, 2.75) is 19.9 Å². The van der Waals surface area contributed by atoms with Gasteiger partial charge in [-0.2, -0.15) is 5.10 Å². The van der Waals surface area contributed by atoms with E-state index in [0.717, 1.165) is 17.4 Å². The van der Waals surface area contributed by atoms with E-state index in [0.29, 0.717) is 12.2 Å². The fourth-order valence-electron chi connectivity index (χ4n) is 2.26. The first-order valence-electron chi connectivity index (χ1n) is 6.80. The van der Waals surface area contributed by atoms with E-state index in [1.807, 2.05) is 0 Å². The molecule has 0 radical (unpaired) electrons. The van der Waals surface area contributed by atoms with Crippen LogP contribution >= 0.6 is 0 Å². The highest BCUT2D eigenvalue weighted by molar-refractivity contribution is 5.91. The molecule has 0 atom stereocenters. The molecular weight excluding hydrogens is 266 g/mol. The van der Waals surface area contributed by atoms with E-state index in [9.17, 15) is 4.79 Å². The summed E-state index contributed by atoms with van der Waals surface area (Å²) in [6.45, 7) is 2.74. The molecule has 21 heavy (non-hydrogen) atoms. The molecule has 0 spiro atoms. The second kappa shape index (κ2) is 5.36. The Labute approximate surface area is 121 Å². The third-order valence-corrected chi connectivity index (χ3v) is 3.49. The van der Waals surface area contributed by atoms with Gasteiger partial charge >= 0.3 is 5.97 Å². The summed E-state index contributed by atoms with van der Waals surface area (Å²) in [6.07, 6.45) is 4.03. The average molecular weight is 281 g/mol. The summed E-state index contributed by atoms with van der Waals surface area (Å²) in [5, 5.41) is 14.0. The van der Waals surface area contributed by atoms with Crippen LogP contribution in [0.1, 0.15) is 28.4 Å². The topological polar surface area (TPSA) is 68.0 Å². The lowest BCUT2D eigenvalue weighted by atomic mass is 10.1. The molecule has 0 saturated heterocycles. The van der Waals surface area contributed by atoms with E-state index in [1.165, 1.54) is 11.8 Å². The summed E-state index contributed by atoms with van der Waals surface area (Å²) in [5.41, 5.74) is 3.31. The molecule has 0 aliphatic carbocycles. The summed E-state index contributed by atoms with van der Waals surface area (Å²) in [5.74, 6) is -0.979. The highest BCUT2D eigenvalue weighted by Gasteiger charge is 2.09. The van der Waals surface area contributed by atoms with Gasteiger partial charge in [-0.3, -0.25) is 0 Å². The zero-order chi connectivity index (χ0) is 14.8. The van der Waals surface area contributed by atoms with Crippen molar-refractivity contribution in [2.24, 2.45) is 0 Å². The number of carboxylic acid groups (broad SMARTS) is 1. The van der Waals surface area contributed by atoms with Crippen molar-refractivity contribution in [1.29, 1.82) is 0 Å². The number of rotatable bonds is 4. The first-order valence-corrected chi connectivity index (χ1v) is 6.80. The molecule has 1 aromatic carbocycles. The van der Waals surface area contributed by atoms with E-state index in [4.69, 9.17) is 5.11 Å². The van der Waals surface area contributed by atoms with Crippen molar-refractivity contribution in [1.82, 2.24) is 14.8 Å². The number of carboxylic acids is 1. The number of pyridine rings is 1. The molecule has 2 aromatic heterocycles. The molecule has 0 amide bonds. The van der Waals surface area contributed by atoms with Crippen molar-refractivity contribution < 1.29 is 9.90 Å². The van der Waals surface area contributed by atoms with Gasteiger partial charge in [-0.15, -0.1) is 0 Å². The van der Waals surface area contributed by atoms with E-state index in [2.05, 4.69) is 41.3 Å². The molecule has 0 bridgehead atoms. The molecule has 2 heterocycles. The maximum atomic E-state index is 10.9. The van der Waals surface area contributed by atoms with Crippen molar-refractivity contribution >= 4 is 17.0 Å². The zero-order valence-corrected chi connectivity index (χ0v) is 11.7. The van der Waals surface area contributed by atoms with Crippen LogP contribution < -0.4 is 0 Å². The van der Waals surface area contributed by atoms with E-state index < -0.39 is 5.97 Å². The van der Waals surface area contributed by atoms with Crippen molar-refractivity contribution in [3.63, 3.8) is 0 Å². The predicted molar refractivity (Wildman–Crippen MR) is 79.4 cm³/mol. The summed E-state index contributed by atoms with van der Waals surface area (Å²) >= 11 is 0. The monoisotopic (exact) mass is 281 g/mol. The highest BCUT2D eigenvalue weighted by atomic mass is 16.4. The van der Waals surface area contributed by atoms with Crippen LogP contribution in [-0.4, -0.2) is 25.8 Å². The van der Waals surface area contributed by atoms with Crippen molar-refractivity contribution in [3.05, 3.63) is 59.4 Å². The first-order chi connectivity index (χ1) is 10.2. The Morgan fingerprint density at radius 3 is 2.57 bits per heavy atom. The Morgan fingerprint density at radius 1 is 1.19 bits per heavy atom. The summed E-state index contributed by atoms with van der Waals surface area (Å²) < 4.78 is 1.78. The Balaban J connectivity index is 1.91. The fraction of sp³-hybridized carbons (Fsp3) is 0.188. The normalized spacial score (nSPS) is 10.9. The van der Waals surface area contributed by atoms with Crippen molar-refractivity contribution in [3.8, 4) is 0 Å². The number of aromatic nitrogens is 3. The van der Waals surface area contributed by atoms with Crippen LogP contribution in [0.4, 0.5) is 0 Å². The van der Waals surface area contributed by atoms with Crippen LogP contribution in [0.5, 0.6) is 0 Å². The Hall–Kier alpha value is -2.69. The Bertz CT molecular complexity index is 791.